The van der Waals surface area contributed by atoms with Crippen molar-refractivity contribution < 1.29 is 5.11 Å². The van der Waals surface area contributed by atoms with Gasteiger partial charge in [0, 0.05) is 10.6 Å². The number of anilines is 1. The maximum Gasteiger partial charge on any atom is 0.0932 e. The minimum atomic E-state index is 0.0797. The Labute approximate surface area is 110 Å². The van der Waals surface area contributed by atoms with Gasteiger partial charge in [0.25, 0.3) is 0 Å². The molecule has 0 bridgehead atoms. The second kappa shape index (κ2) is 5.54. The van der Waals surface area contributed by atoms with Crippen LogP contribution in [0.3, 0.4) is 0 Å². The third-order valence-electron chi connectivity index (χ3n) is 2.54. The van der Waals surface area contributed by atoms with Gasteiger partial charge >= 0.3 is 0 Å². The van der Waals surface area contributed by atoms with E-state index in [1.54, 1.807) is 11.3 Å². The van der Waals surface area contributed by atoms with Crippen LogP contribution in [-0.2, 0) is 6.61 Å². The summed E-state index contributed by atoms with van der Waals surface area (Å²) in [4.78, 5) is 1.21. The van der Waals surface area contributed by atoms with Crippen molar-refractivity contribution in [1.82, 2.24) is 0 Å². The molecule has 2 rings (SSSR count). The number of aliphatic hydroxyl groups is 1. The monoisotopic (exact) mass is 267 g/mol. The Morgan fingerprint density at radius 3 is 2.47 bits per heavy atom. The highest BCUT2D eigenvalue weighted by atomic mass is 35.5. The number of benzene rings is 1. The van der Waals surface area contributed by atoms with E-state index in [0.29, 0.717) is 0 Å². The van der Waals surface area contributed by atoms with Crippen LogP contribution >= 0.6 is 22.9 Å². The maximum absolute atomic E-state index is 8.96. The van der Waals surface area contributed by atoms with Gasteiger partial charge in [0.2, 0.25) is 0 Å². The van der Waals surface area contributed by atoms with Gasteiger partial charge in [0.05, 0.1) is 17.0 Å². The Kier molecular flexibility index (Phi) is 4.05. The van der Waals surface area contributed by atoms with Crippen molar-refractivity contribution in [3.8, 4) is 0 Å². The summed E-state index contributed by atoms with van der Waals surface area (Å²) >= 11 is 7.50. The Bertz CT molecular complexity index is 480. The third-order valence-corrected chi connectivity index (χ3v) is 3.95. The molecule has 2 nitrogen and oxygen atoms in total. The van der Waals surface area contributed by atoms with E-state index in [1.807, 2.05) is 36.4 Å². The summed E-state index contributed by atoms with van der Waals surface area (Å²) in [5, 5.41) is 12.4. The zero-order chi connectivity index (χ0) is 12.3. The molecule has 0 fully saturated rings. The molecule has 0 aliphatic carbocycles. The van der Waals surface area contributed by atoms with Gasteiger partial charge in [-0.1, -0.05) is 23.7 Å². The van der Waals surface area contributed by atoms with E-state index < -0.39 is 0 Å². The molecule has 1 atom stereocenters. The standard InChI is InChI=1S/C13H14ClNOS/c1-9(12-6-7-13(14)17-12)15-11-4-2-10(8-16)3-5-11/h2-7,9,15-16H,8H2,1H3. The van der Waals surface area contributed by atoms with E-state index in [0.717, 1.165) is 15.6 Å². The second-order valence-electron chi connectivity index (χ2n) is 3.86. The van der Waals surface area contributed by atoms with Gasteiger partial charge in [-0.2, -0.15) is 0 Å². The lowest BCUT2D eigenvalue weighted by molar-refractivity contribution is 0.282. The topological polar surface area (TPSA) is 32.3 Å². The first-order chi connectivity index (χ1) is 8.19. The van der Waals surface area contributed by atoms with Crippen molar-refractivity contribution in [3.63, 3.8) is 0 Å². The SMILES string of the molecule is CC(Nc1ccc(CO)cc1)c1ccc(Cl)s1. The Hall–Kier alpha value is -1.03. The summed E-state index contributed by atoms with van der Waals surface area (Å²) in [6, 6.07) is 11.9. The largest absolute Gasteiger partial charge is 0.392 e. The molecule has 1 heterocycles. The highest BCUT2D eigenvalue weighted by Crippen LogP contribution is 2.28. The molecule has 2 N–H and O–H groups in total. The third kappa shape index (κ3) is 3.22. The summed E-state index contributed by atoms with van der Waals surface area (Å²) in [7, 11) is 0. The number of thiophene rings is 1. The van der Waals surface area contributed by atoms with Crippen LogP contribution in [0.25, 0.3) is 0 Å². The first-order valence-electron chi connectivity index (χ1n) is 5.40. The fourth-order valence-electron chi connectivity index (χ4n) is 1.59. The molecule has 0 aliphatic rings. The zero-order valence-corrected chi connectivity index (χ0v) is 11.1. The molecule has 0 aliphatic heterocycles. The fraction of sp³-hybridized carbons (Fsp3) is 0.231. The molecule has 1 unspecified atom stereocenters. The molecule has 0 radical (unpaired) electrons. The van der Waals surface area contributed by atoms with Crippen molar-refractivity contribution in [2.75, 3.05) is 5.32 Å². The van der Waals surface area contributed by atoms with Crippen LogP contribution in [0.4, 0.5) is 5.69 Å². The van der Waals surface area contributed by atoms with Gasteiger partial charge in [0.15, 0.2) is 0 Å². The lowest BCUT2D eigenvalue weighted by atomic mass is 10.2. The zero-order valence-electron chi connectivity index (χ0n) is 9.48. The number of hydrogen-bond acceptors (Lipinski definition) is 3. The fourth-order valence-corrected chi connectivity index (χ4v) is 2.65. The molecular formula is C13H14ClNOS. The lowest BCUT2D eigenvalue weighted by Gasteiger charge is -2.13. The molecule has 0 amide bonds. The van der Waals surface area contributed by atoms with Gasteiger partial charge in [-0.05, 0) is 36.8 Å². The van der Waals surface area contributed by atoms with Gasteiger partial charge in [-0.25, -0.2) is 0 Å². The molecule has 17 heavy (non-hydrogen) atoms. The van der Waals surface area contributed by atoms with Crippen molar-refractivity contribution in [3.05, 3.63) is 51.2 Å². The summed E-state index contributed by atoms with van der Waals surface area (Å²) in [5.41, 5.74) is 1.96. The smallest absolute Gasteiger partial charge is 0.0932 e. The van der Waals surface area contributed by atoms with Crippen LogP contribution < -0.4 is 5.32 Å². The van der Waals surface area contributed by atoms with Crippen molar-refractivity contribution in [2.24, 2.45) is 0 Å². The summed E-state index contributed by atoms with van der Waals surface area (Å²) < 4.78 is 0.810. The van der Waals surface area contributed by atoms with E-state index in [-0.39, 0.29) is 12.6 Å². The first-order valence-corrected chi connectivity index (χ1v) is 6.60. The number of halogens is 1. The van der Waals surface area contributed by atoms with Crippen LogP contribution in [0.1, 0.15) is 23.4 Å². The van der Waals surface area contributed by atoms with Crippen LogP contribution in [0.2, 0.25) is 4.34 Å². The van der Waals surface area contributed by atoms with Crippen molar-refractivity contribution in [2.45, 2.75) is 19.6 Å². The number of aliphatic hydroxyl groups excluding tert-OH is 1. The van der Waals surface area contributed by atoms with E-state index in [2.05, 4.69) is 12.2 Å². The average molecular weight is 268 g/mol. The predicted molar refractivity (Wildman–Crippen MR) is 73.7 cm³/mol. The average Bonchev–Trinajstić information content (AvgIpc) is 2.77. The van der Waals surface area contributed by atoms with E-state index >= 15 is 0 Å². The number of hydrogen-bond donors (Lipinski definition) is 2. The molecular weight excluding hydrogens is 254 g/mol. The van der Waals surface area contributed by atoms with E-state index in [4.69, 9.17) is 16.7 Å². The summed E-state index contributed by atoms with van der Waals surface area (Å²) in [5.74, 6) is 0. The molecule has 1 aromatic carbocycles. The van der Waals surface area contributed by atoms with Crippen LogP contribution in [-0.4, -0.2) is 5.11 Å². The van der Waals surface area contributed by atoms with E-state index in [1.165, 1.54) is 4.88 Å². The molecule has 4 heteroatoms. The van der Waals surface area contributed by atoms with Gasteiger partial charge in [0.1, 0.15) is 0 Å². The van der Waals surface area contributed by atoms with Crippen molar-refractivity contribution >= 4 is 28.6 Å². The minimum absolute atomic E-state index is 0.0797. The van der Waals surface area contributed by atoms with Gasteiger partial charge in [-0.15, -0.1) is 11.3 Å². The quantitative estimate of drug-likeness (QED) is 0.875. The molecule has 1 aromatic heterocycles. The highest BCUT2D eigenvalue weighted by Gasteiger charge is 2.07. The van der Waals surface area contributed by atoms with Crippen LogP contribution in [0.5, 0.6) is 0 Å². The Morgan fingerprint density at radius 1 is 1.24 bits per heavy atom. The molecule has 0 saturated carbocycles. The second-order valence-corrected chi connectivity index (χ2v) is 5.61. The van der Waals surface area contributed by atoms with Gasteiger partial charge < -0.3 is 10.4 Å². The molecule has 0 saturated heterocycles. The molecule has 0 spiro atoms. The Morgan fingerprint density at radius 2 is 1.94 bits per heavy atom. The number of rotatable bonds is 4. The summed E-state index contributed by atoms with van der Waals surface area (Å²) in [6.07, 6.45) is 0. The van der Waals surface area contributed by atoms with Crippen molar-refractivity contribution in [1.29, 1.82) is 0 Å². The van der Waals surface area contributed by atoms with E-state index in [9.17, 15) is 0 Å². The normalized spacial score (nSPS) is 12.4. The first kappa shape index (κ1) is 12.4. The maximum atomic E-state index is 8.96. The highest BCUT2D eigenvalue weighted by molar-refractivity contribution is 7.16. The summed E-state index contributed by atoms with van der Waals surface area (Å²) in [6.45, 7) is 2.18. The molecule has 2 aromatic rings. The molecule has 90 valence electrons. The minimum Gasteiger partial charge on any atom is -0.392 e. The Balaban J connectivity index is 2.04. The predicted octanol–water partition coefficient (Wildman–Crippen LogP) is 4.07. The van der Waals surface area contributed by atoms with Gasteiger partial charge in [-0.3, -0.25) is 0 Å². The lowest BCUT2D eigenvalue weighted by Crippen LogP contribution is -2.04. The number of nitrogens with one attached hydrogen (secondary N) is 1. The van der Waals surface area contributed by atoms with Crippen LogP contribution in [0.15, 0.2) is 36.4 Å². The van der Waals surface area contributed by atoms with Crippen LogP contribution in [0, 0.1) is 0 Å².